The number of furan rings is 1. The van der Waals surface area contributed by atoms with Crippen molar-refractivity contribution in [3.63, 3.8) is 0 Å². The first-order chi connectivity index (χ1) is 12.7. The molecule has 0 spiro atoms. The van der Waals surface area contributed by atoms with Crippen LogP contribution in [-0.4, -0.2) is 17.5 Å². The number of hydrogen-bond donors (Lipinski definition) is 1. The summed E-state index contributed by atoms with van der Waals surface area (Å²) in [6, 6.07) is 13.2. The minimum absolute atomic E-state index is 0.121. The second-order valence-corrected chi connectivity index (χ2v) is 6.36. The number of benzene rings is 1. The molecule has 1 aromatic carbocycles. The summed E-state index contributed by atoms with van der Waals surface area (Å²) in [6.07, 6.45) is 5.00. The second-order valence-electron chi connectivity index (χ2n) is 6.36. The van der Waals surface area contributed by atoms with Gasteiger partial charge in [-0.2, -0.15) is 0 Å². The molecule has 5 heteroatoms. The van der Waals surface area contributed by atoms with Crippen molar-refractivity contribution >= 4 is 16.9 Å². The number of pyridine rings is 1. The Morgan fingerprint density at radius 3 is 2.77 bits per heavy atom. The molecule has 1 aliphatic rings. The number of hydrogen-bond acceptors (Lipinski definition) is 4. The zero-order valence-corrected chi connectivity index (χ0v) is 14.6. The Morgan fingerprint density at radius 2 is 2.00 bits per heavy atom. The lowest BCUT2D eigenvalue weighted by molar-refractivity contribution is -0.118. The predicted molar refractivity (Wildman–Crippen MR) is 98.3 cm³/mol. The van der Waals surface area contributed by atoms with Gasteiger partial charge in [-0.3, -0.25) is 9.78 Å². The van der Waals surface area contributed by atoms with Crippen LogP contribution in [0.15, 0.2) is 70.6 Å². The molecular weight excluding hydrogens is 328 g/mol. The minimum Gasteiger partial charge on any atom is -0.498 e. The molecule has 26 heavy (non-hydrogen) atoms. The van der Waals surface area contributed by atoms with Gasteiger partial charge in [0.15, 0.2) is 0 Å². The lowest BCUT2D eigenvalue weighted by Crippen LogP contribution is -2.32. The molecule has 1 unspecified atom stereocenters. The van der Waals surface area contributed by atoms with E-state index in [1.807, 2.05) is 49.4 Å². The zero-order valence-electron chi connectivity index (χ0n) is 14.6. The van der Waals surface area contributed by atoms with E-state index in [0.29, 0.717) is 23.7 Å². The summed E-state index contributed by atoms with van der Waals surface area (Å²) < 4.78 is 11.6. The summed E-state index contributed by atoms with van der Waals surface area (Å²) in [6.45, 7) is 2.51. The molecule has 132 valence electrons. The normalized spacial score (nSPS) is 15.6. The van der Waals surface area contributed by atoms with Crippen LogP contribution in [0.1, 0.15) is 37.1 Å². The van der Waals surface area contributed by atoms with Crippen LogP contribution in [0.25, 0.3) is 11.0 Å². The fourth-order valence-electron chi connectivity index (χ4n) is 3.25. The van der Waals surface area contributed by atoms with Crippen molar-refractivity contribution in [1.82, 2.24) is 10.3 Å². The largest absolute Gasteiger partial charge is 0.498 e. The van der Waals surface area contributed by atoms with E-state index in [9.17, 15) is 4.79 Å². The average molecular weight is 348 g/mol. The topological polar surface area (TPSA) is 64.4 Å². The van der Waals surface area contributed by atoms with E-state index in [4.69, 9.17) is 9.15 Å². The lowest BCUT2D eigenvalue weighted by atomic mass is 10.0. The molecule has 1 atom stereocenters. The zero-order chi connectivity index (χ0) is 17.9. The van der Waals surface area contributed by atoms with E-state index < -0.39 is 0 Å². The lowest BCUT2D eigenvalue weighted by Gasteiger charge is -2.22. The highest BCUT2D eigenvalue weighted by atomic mass is 16.5. The van der Waals surface area contributed by atoms with Gasteiger partial charge in [0.25, 0.3) is 5.91 Å². The van der Waals surface area contributed by atoms with Crippen LogP contribution in [-0.2, 0) is 9.53 Å². The summed E-state index contributed by atoms with van der Waals surface area (Å²) >= 11 is 0. The van der Waals surface area contributed by atoms with Crippen molar-refractivity contribution < 1.29 is 13.9 Å². The molecule has 0 fully saturated rings. The Labute approximate surface area is 151 Å². The number of allylic oxidation sites excluding steroid dienone is 1. The maximum absolute atomic E-state index is 12.9. The van der Waals surface area contributed by atoms with Crippen molar-refractivity contribution in [2.24, 2.45) is 0 Å². The first-order valence-electron chi connectivity index (χ1n) is 8.74. The molecule has 3 heterocycles. The molecule has 3 aromatic rings. The minimum atomic E-state index is -0.389. The number of fused-ring (bicyclic) bond motifs is 1. The second kappa shape index (κ2) is 7.04. The number of ether oxygens (including phenoxy) is 1. The Balaban J connectivity index is 1.71. The van der Waals surface area contributed by atoms with Gasteiger partial charge in [0.05, 0.1) is 12.2 Å². The molecule has 1 amide bonds. The maximum Gasteiger partial charge on any atom is 0.251 e. The fraction of sp³-hybridized carbons (Fsp3) is 0.238. The molecule has 0 saturated heterocycles. The van der Waals surface area contributed by atoms with Gasteiger partial charge >= 0.3 is 0 Å². The Morgan fingerprint density at radius 1 is 1.19 bits per heavy atom. The third-order valence-corrected chi connectivity index (χ3v) is 4.63. The number of para-hydroxylation sites is 1. The summed E-state index contributed by atoms with van der Waals surface area (Å²) in [5, 5.41) is 4.12. The van der Waals surface area contributed by atoms with E-state index >= 15 is 0 Å². The molecule has 1 aliphatic heterocycles. The van der Waals surface area contributed by atoms with E-state index in [0.717, 1.165) is 29.4 Å². The van der Waals surface area contributed by atoms with Crippen LogP contribution in [0.4, 0.5) is 0 Å². The summed E-state index contributed by atoms with van der Waals surface area (Å²) in [5.74, 6) is 1.28. The number of aromatic nitrogens is 1. The number of nitrogens with zero attached hydrogens (tertiary/aromatic N) is 1. The quantitative estimate of drug-likeness (QED) is 0.770. The number of carbonyl (C=O) groups is 1. The Kier molecular flexibility index (Phi) is 4.44. The van der Waals surface area contributed by atoms with E-state index in [2.05, 4.69) is 10.3 Å². The Hall–Kier alpha value is -3.08. The monoisotopic (exact) mass is 348 g/mol. The van der Waals surface area contributed by atoms with Crippen molar-refractivity contribution in [3.05, 3.63) is 77.5 Å². The van der Waals surface area contributed by atoms with Gasteiger partial charge < -0.3 is 14.5 Å². The number of amides is 1. The SMILES string of the molecule is CC1=C(C(=O)NC(c2ccncc2)c2cc3ccccc3o2)CCCO1. The number of nitrogens with one attached hydrogen (secondary N) is 1. The van der Waals surface area contributed by atoms with Crippen LogP contribution in [0, 0.1) is 0 Å². The van der Waals surface area contributed by atoms with E-state index in [-0.39, 0.29) is 11.9 Å². The smallest absolute Gasteiger partial charge is 0.251 e. The number of carbonyl (C=O) groups excluding carboxylic acids is 1. The predicted octanol–water partition coefficient (Wildman–Crippen LogP) is 4.12. The van der Waals surface area contributed by atoms with Crippen molar-refractivity contribution in [2.75, 3.05) is 6.61 Å². The third-order valence-electron chi connectivity index (χ3n) is 4.63. The van der Waals surface area contributed by atoms with Gasteiger partial charge in [0.1, 0.15) is 23.1 Å². The van der Waals surface area contributed by atoms with Crippen molar-refractivity contribution in [1.29, 1.82) is 0 Å². The van der Waals surface area contributed by atoms with Crippen molar-refractivity contribution in [3.8, 4) is 0 Å². The molecular formula is C21H20N2O3. The van der Waals surface area contributed by atoms with E-state index in [1.165, 1.54) is 0 Å². The van der Waals surface area contributed by atoms with Crippen LogP contribution in [0.5, 0.6) is 0 Å². The molecule has 4 rings (SSSR count). The van der Waals surface area contributed by atoms with Gasteiger partial charge in [-0.1, -0.05) is 18.2 Å². The molecule has 5 nitrogen and oxygen atoms in total. The van der Waals surface area contributed by atoms with Crippen LogP contribution in [0.2, 0.25) is 0 Å². The van der Waals surface area contributed by atoms with Gasteiger partial charge in [0.2, 0.25) is 0 Å². The highest BCUT2D eigenvalue weighted by Crippen LogP contribution is 2.29. The summed E-state index contributed by atoms with van der Waals surface area (Å²) in [7, 11) is 0. The molecule has 0 radical (unpaired) electrons. The van der Waals surface area contributed by atoms with E-state index in [1.54, 1.807) is 12.4 Å². The van der Waals surface area contributed by atoms with Crippen molar-refractivity contribution in [2.45, 2.75) is 25.8 Å². The molecule has 0 aliphatic carbocycles. The number of rotatable bonds is 4. The van der Waals surface area contributed by atoms with Gasteiger partial charge in [-0.25, -0.2) is 0 Å². The van der Waals surface area contributed by atoms with Crippen LogP contribution < -0.4 is 5.32 Å². The maximum atomic E-state index is 12.9. The molecule has 0 bridgehead atoms. The molecule has 2 aromatic heterocycles. The van der Waals surface area contributed by atoms with Gasteiger partial charge in [-0.05, 0) is 49.6 Å². The fourth-order valence-corrected chi connectivity index (χ4v) is 3.25. The molecule has 0 saturated carbocycles. The first-order valence-corrected chi connectivity index (χ1v) is 8.74. The standard InChI is InChI=1S/C21H20N2O3/c1-14-17(6-4-12-25-14)21(24)23-20(15-8-10-22-11-9-15)19-13-16-5-2-3-7-18(16)26-19/h2-3,5,7-11,13,20H,4,6,12H2,1H3,(H,23,24). The van der Waals surface area contributed by atoms with Gasteiger partial charge in [-0.15, -0.1) is 0 Å². The van der Waals surface area contributed by atoms with Gasteiger partial charge in [0, 0.05) is 17.8 Å². The average Bonchev–Trinajstić information content (AvgIpc) is 3.11. The summed E-state index contributed by atoms with van der Waals surface area (Å²) in [4.78, 5) is 16.9. The van der Waals surface area contributed by atoms with Crippen LogP contribution >= 0.6 is 0 Å². The first kappa shape index (κ1) is 16.4. The highest BCUT2D eigenvalue weighted by molar-refractivity contribution is 5.94. The third kappa shape index (κ3) is 3.20. The Bertz CT molecular complexity index is 927. The highest BCUT2D eigenvalue weighted by Gasteiger charge is 2.25. The molecule has 1 N–H and O–H groups in total. The van der Waals surface area contributed by atoms with Crippen LogP contribution in [0.3, 0.4) is 0 Å². The summed E-state index contributed by atoms with van der Waals surface area (Å²) in [5.41, 5.74) is 2.42.